The van der Waals surface area contributed by atoms with Crippen molar-refractivity contribution in [2.24, 2.45) is 0 Å². The van der Waals surface area contributed by atoms with Crippen molar-refractivity contribution in [3.63, 3.8) is 0 Å². The molecule has 0 saturated heterocycles. The van der Waals surface area contributed by atoms with Crippen molar-refractivity contribution in [1.29, 1.82) is 0 Å². The van der Waals surface area contributed by atoms with Crippen molar-refractivity contribution in [2.45, 2.75) is 50.8 Å². The predicted molar refractivity (Wildman–Crippen MR) is 41.5 cm³/mol. The van der Waals surface area contributed by atoms with E-state index < -0.39 is 50.8 Å². The highest BCUT2D eigenvalue weighted by Crippen LogP contribution is 2.34. The zero-order valence-corrected chi connectivity index (χ0v) is 8.42. The maximum atomic E-state index is 12.6. The first kappa shape index (κ1) is 16.4. The first-order chi connectivity index (χ1) is 7.54. The molecule has 0 aromatic rings. The molecule has 0 amide bonds. The van der Waals surface area contributed by atoms with E-state index in [9.17, 15) is 35.1 Å². The quantitative estimate of drug-likeness (QED) is 0.600. The smallest absolute Gasteiger partial charge is 0.255 e. The lowest BCUT2D eigenvalue weighted by molar-refractivity contribution is -0.380. The second-order valence-electron chi connectivity index (χ2n) is 3.24. The van der Waals surface area contributed by atoms with E-state index in [1.807, 2.05) is 0 Å². The monoisotopic (exact) mass is 274 g/mol. The van der Waals surface area contributed by atoms with Crippen molar-refractivity contribution in [3.8, 4) is 0 Å². The second-order valence-corrected chi connectivity index (χ2v) is 3.24. The summed E-state index contributed by atoms with van der Waals surface area (Å²) in [7, 11) is 0. The lowest BCUT2D eigenvalue weighted by Crippen LogP contribution is -2.33. The fraction of sp³-hybridized carbons (Fsp3) is 1.00. The van der Waals surface area contributed by atoms with E-state index in [2.05, 4.69) is 4.74 Å². The van der Waals surface area contributed by atoms with Crippen LogP contribution in [0.25, 0.3) is 0 Å². The van der Waals surface area contributed by atoms with Gasteiger partial charge in [0, 0.05) is 25.7 Å². The van der Waals surface area contributed by atoms with E-state index in [4.69, 9.17) is 0 Å². The molecule has 0 aliphatic rings. The van der Waals surface area contributed by atoms with Gasteiger partial charge in [-0.2, -0.15) is 17.6 Å². The lowest BCUT2D eigenvalue weighted by Gasteiger charge is -2.23. The zero-order valence-electron chi connectivity index (χ0n) is 8.42. The molecule has 0 radical (unpaired) electrons. The van der Waals surface area contributed by atoms with Gasteiger partial charge in [-0.25, -0.2) is 17.6 Å². The predicted octanol–water partition coefficient (Wildman–Crippen LogP) is 4.28. The minimum atomic E-state index is -4.47. The van der Waals surface area contributed by atoms with E-state index in [0.29, 0.717) is 0 Å². The molecule has 9 heteroatoms. The summed E-state index contributed by atoms with van der Waals surface area (Å²) in [5.74, 6) is 0. The normalized spacial score (nSPS) is 13.8. The van der Waals surface area contributed by atoms with Crippen molar-refractivity contribution in [2.75, 3.05) is 0 Å². The topological polar surface area (TPSA) is 9.23 Å². The van der Waals surface area contributed by atoms with Crippen LogP contribution >= 0.6 is 0 Å². The van der Waals surface area contributed by atoms with Crippen LogP contribution in [-0.4, -0.2) is 25.1 Å². The van der Waals surface area contributed by atoms with Crippen molar-refractivity contribution < 1.29 is 39.9 Å². The molecule has 0 rings (SSSR count). The molecular formula is C8H10F8O. The van der Waals surface area contributed by atoms with E-state index >= 15 is 0 Å². The summed E-state index contributed by atoms with van der Waals surface area (Å²) in [6.45, 7) is 0. The third-order valence-electron chi connectivity index (χ3n) is 1.61. The molecule has 0 aliphatic heterocycles. The number of ether oxygens (including phenoxy) is 1. The van der Waals surface area contributed by atoms with Crippen LogP contribution in [0.5, 0.6) is 0 Å². The third-order valence-corrected chi connectivity index (χ3v) is 1.61. The molecule has 0 saturated carbocycles. The molecule has 0 atom stereocenters. The SMILES string of the molecule is FC(F)CCC(F)(F)OC(F)(F)CCC(F)F. The highest BCUT2D eigenvalue weighted by molar-refractivity contribution is 4.62. The lowest BCUT2D eigenvalue weighted by atomic mass is 10.3. The minimum absolute atomic E-state index is 1.32. The molecule has 0 aromatic carbocycles. The Morgan fingerprint density at radius 1 is 0.706 bits per heavy atom. The van der Waals surface area contributed by atoms with Gasteiger partial charge in [0.15, 0.2) is 0 Å². The summed E-state index contributed by atoms with van der Waals surface area (Å²) in [4.78, 5) is 0. The number of halogens is 8. The Kier molecular flexibility index (Phi) is 6.14. The average Bonchev–Trinajstić information content (AvgIpc) is 2.10. The first-order valence-electron chi connectivity index (χ1n) is 4.56. The maximum absolute atomic E-state index is 12.6. The van der Waals surface area contributed by atoms with Gasteiger partial charge < -0.3 is 0 Å². The summed E-state index contributed by atoms with van der Waals surface area (Å²) in [6, 6.07) is 0. The molecule has 104 valence electrons. The van der Waals surface area contributed by atoms with Gasteiger partial charge in [-0.1, -0.05) is 0 Å². The summed E-state index contributed by atoms with van der Waals surface area (Å²) in [5, 5.41) is 0. The Labute approximate surface area is 91.7 Å². The summed E-state index contributed by atoms with van der Waals surface area (Å²) in [5.41, 5.74) is 0. The van der Waals surface area contributed by atoms with Crippen LogP contribution in [0, 0.1) is 0 Å². The highest BCUT2D eigenvalue weighted by Gasteiger charge is 2.44. The van der Waals surface area contributed by atoms with Crippen LogP contribution in [0.3, 0.4) is 0 Å². The molecule has 0 aromatic heterocycles. The molecular weight excluding hydrogens is 264 g/mol. The van der Waals surface area contributed by atoms with Crippen LogP contribution in [-0.2, 0) is 4.74 Å². The molecule has 0 N–H and O–H groups in total. The molecule has 0 heterocycles. The van der Waals surface area contributed by atoms with Crippen molar-refractivity contribution in [3.05, 3.63) is 0 Å². The second kappa shape index (κ2) is 6.36. The minimum Gasteiger partial charge on any atom is -0.255 e. The van der Waals surface area contributed by atoms with Crippen molar-refractivity contribution in [1.82, 2.24) is 0 Å². The number of alkyl halides is 8. The summed E-state index contributed by atoms with van der Waals surface area (Å²) in [6.07, 6.45) is -21.0. The van der Waals surface area contributed by atoms with Crippen LogP contribution in [0.2, 0.25) is 0 Å². The zero-order chi connectivity index (χ0) is 13.7. The molecule has 0 spiro atoms. The molecule has 0 unspecified atom stereocenters. The van der Waals surface area contributed by atoms with Gasteiger partial charge in [0.2, 0.25) is 12.9 Å². The molecule has 0 bridgehead atoms. The van der Waals surface area contributed by atoms with Crippen LogP contribution < -0.4 is 0 Å². The third kappa shape index (κ3) is 9.13. The Morgan fingerprint density at radius 3 is 1.24 bits per heavy atom. The summed E-state index contributed by atoms with van der Waals surface area (Å²) < 4.78 is 99.6. The van der Waals surface area contributed by atoms with Crippen LogP contribution in [0.4, 0.5) is 35.1 Å². The van der Waals surface area contributed by atoms with Gasteiger partial charge in [0.05, 0.1) is 0 Å². The largest absolute Gasteiger partial charge is 0.360 e. The van der Waals surface area contributed by atoms with Crippen molar-refractivity contribution >= 4 is 0 Å². The fourth-order valence-corrected chi connectivity index (χ4v) is 0.875. The van der Waals surface area contributed by atoms with Gasteiger partial charge in [-0.05, 0) is 0 Å². The molecule has 0 aliphatic carbocycles. The van der Waals surface area contributed by atoms with E-state index in [1.165, 1.54) is 0 Å². The van der Waals surface area contributed by atoms with Gasteiger partial charge in [0.25, 0.3) is 0 Å². The van der Waals surface area contributed by atoms with E-state index in [0.717, 1.165) is 0 Å². The highest BCUT2D eigenvalue weighted by atomic mass is 19.3. The van der Waals surface area contributed by atoms with Gasteiger partial charge >= 0.3 is 12.2 Å². The average molecular weight is 274 g/mol. The standard InChI is InChI=1S/C8H10F8O/c9-5(10)1-3-7(13,14)17-8(15,16)4-2-6(11)12/h5-6H,1-4H2. The Morgan fingerprint density at radius 2 is 1.00 bits per heavy atom. The summed E-state index contributed by atoms with van der Waals surface area (Å²) >= 11 is 0. The number of hydrogen-bond acceptors (Lipinski definition) is 1. The molecule has 1 nitrogen and oxygen atoms in total. The number of hydrogen-bond donors (Lipinski definition) is 0. The van der Waals surface area contributed by atoms with Gasteiger partial charge in [-0.15, -0.1) is 0 Å². The molecule has 17 heavy (non-hydrogen) atoms. The first-order valence-corrected chi connectivity index (χ1v) is 4.56. The Balaban J connectivity index is 4.17. The van der Waals surface area contributed by atoms with E-state index in [1.54, 1.807) is 0 Å². The van der Waals surface area contributed by atoms with Crippen LogP contribution in [0.1, 0.15) is 25.7 Å². The van der Waals surface area contributed by atoms with Gasteiger partial charge in [-0.3, -0.25) is 4.74 Å². The maximum Gasteiger partial charge on any atom is 0.360 e. The Hall–Kier alpha value is -0.600. The van der Waals surface area contributed by atoms with Gasteiger partial charge in [0.1, 0.15) is 0 Å². The van der Waals surface area contributed by atoms with Crippen LogP contribution in [0.15, 0.2) is 0 Å². The number of rotatable bonds is 8. The molecule has 0 fully saturated rings. The Bertz CT molecular complexity index is 196. The van der Waals surface area contributed by atoms with E-state index in [-0.39, 0.29) is 0 Å². The fourth-order valence-electron chi connectivity index (χ4n) is 0.875.